The Morgan fingerprint density at radius 1 is 1.28 bits per heavy atom. The molecule has 0 radical (unpaired) electrons. The minimum absolute atomic E-state index is 0.0965. The Balaban J connectivity index is 4.30. The fourth-order valence-corrected chi connectivity index (χ4v) is 1.76. The summed E-state index contributed by atoms with van der Waals surface area (Å²) in [4.78, 5) is 11.6. The molecule has 1 atom stereocenters. The van der Waals surface area contributed by atoms with Gasteiger partial charge in [-0.25, -0.2) is 4.79 Å². The van der Waals surface area contributed by atoms with Crippen molar-refractivity contribution < 1.29 is 14.6 Å². The molecule has 0 fully saturated rings. The van der Waals surface area contributed by atoms with Gasteiger partial charge in [0.2, 0.25) is 0 Å². The first-order chi connectivity index (χ1) is 8.28. The Morgan fingerprint density at radius 3 is 2.28 bits per heavy atom. The van der Waals surface area contributed by atoms with Crippen LogP contribution in [0.1, 0.15) is 60.3 Å². The van der Waals surface area contributed by atoms with E-state index in [1.807, 2.05) is 27.7 Å². The molecule has 1 unspecified atom stereocenters. The molecule has 0 spiro atoms. The van der Waals surface area contributed by atoms with E-state index in [1.165, 1.54) is 0 Å². The van der Waals surface area contributed by atoms with Gasteiger partial charge in [0.05, 0.1) is 6.61 Å². The van der Waals surface area contributed by atoms with Crippen molar-refractivity contribution in [3.8, 4) is 0 Å². The molecule has 0 saturated carbocycles. The molecule has 0 saturated heterocycles. The van der Waals surface area contributed by atoms with E-state index < -0.39 is 11.7 Å². The third-order valence-electron chi connectivity index (χ3n) is 3.15. The molecule has 0 rings (SSSR count). The number of hydrogen-bond acceptors (Lipinski definition) is 3. The number of carbonyl (C=O) groups is 1. The van der Waals surface area contributed by atoms with Gasteiger partial charge in [-0.05, 0) is 33.6 Å². The molecule has 4 nitrogen and oxygen atoms in total. The summed E-state index contributed by atoms with van der Waals surface area (Å²) in [5.74, 6) is 0. The molecule has 0 aromatic rings. The molecule has 0 aliphatic carbocycles. The fraction of sp³-hybridized carbons (Fsp3) is 0.929. The number of aliphatic hydroxyl groups is 1. The molecule has 0 aromatic heterocycles. The highest BCUT2D eigenvalue weighted by atomic mass is 16.6. The van der Waals surface area contributed by atoms with E-state index in [-0.39, 0.29) is 12.0 Å². The second-order valence-corrected chi connectivity index (χ2v) is 5.97. The van der Waals surface area contributed by atoms with Crippen LogP contribution in [-0.4, -0.2) is 30.0 Å². The number of hydrogen-bond donors (Lipinski definition) is 2. The highest BCUT2D eigenvalue weighted by Crippen LogP contribution is 2.27. The van der Waals surface area contributed by atoms with Gasteiger partial charge in [-0.2, -0.15) is 0 Å². The van der Waals surface area contributed by atoms with E-state index in [0.717, 1.165) is 25.7 Å². The summed E-state index contributed by atoms with van der Waals surface area (Å²) in [5.41, 5.74) is -0.700. The molecule has 0 aromatic carbocycles. The predicted molar refractivity (Wildman–Crippen MR) is 73.6 cm³/mol. The summed E-state index contributed by atoms with van der Waals surface area (Å²) in [6, 6.07) is 0. The quantitative estimate of drug-likeness (QED) is 0.738. The third kappa shape index (κ3) is 6.84. The van der Waals surface area contributed by atoms with Crippen molar-refractivity contribution in [2.75, 3.05) is 13.2 Å². The van der Waals surface area contributed by atoms with Crippen LogP contribution >= 0.6 is 0 Å². The Labute approximate surface area is 111 Å². The van der Waals surface area contributed by atoms with Crippen LogP contribution in [0.25, 0.3) is 0 Å². The minimum atomic E-state index is -0.485. The van der Waals surface area contributed by atoms with Gasteiger partial charge in [0.1, 0.15) is 5.60 Å². The van der Waals surface area contributed by atoms with E-state index in [2.05, 4.69) is 12.2 Å². The normalized spacial score (nSPS) is 15.0. The zero-order valence-corrected chi connectivity index (χ0v) is 12.5. The molecular weight excluding hydrogens is 230 g/mol. The molecule has 0 aliphatic rings. The second-order valence-electron chi connectivity index (χ2n) is 5.97. The smallest absolute Gasteiger partial charge is 0.407 e. The standard InChI is InChI=1S/C14H29NO3/c1-6-8-9-14(7-2,11-16)10-15-12(17)18-13(3,4)5/h16H,6-11H2,1-5H3,(H,15,17). The van der Waals surface area contributed by atoms with Crippen LogP contribution in [-0.2, 0) is 4.74 Å². The van der Waals surface area contributed by atoms with Crippen LogP contribution in [0.3, 0.4) is 0 Å². The van der Waals surface area contributed by atoms with E-state index in [1.54, 1.807) is 0 Å². The number of alkyl carbamates (subject to hydrolysis) is 1. The lowest BCUT2D eigenvalue weighted by Crippen LogP contribution is -2.42. The molecule has 108 valence electrons. The minimum Gasteiger partial charge on any atom is -0.444 e. The summed E-state index contributed by atoms with van der Waals surface area (Å²) in [6.45, 7) is 10.2. The molecule has 0 heterocycles. The maximum Gasteiger partial charge on any atom is 0.407 e. The highest BCUT2D eigenvalue weighted by Gasteiger charge is 2.28. The number of aliphatic hydroxyl groups excluding tert-OH is 1. The Bertz CT molecular complexity index is 242. The molecule has 0 aliphatic heterocycles. The zero-order valence-electron chi connectivity index (χ0n) is 12.5. The third-order valence-corrected chi connectivity index (χ3v) is 3.15. The lowest BCUT2D eigenvalue weighted by molar-refractivity contribution is 0.0449. The second kappa shape index (κ2) is 7.62. The van der Waals surface area contributed by atoms with Crippen LogP contribution in [0.2, 0.25) is 0 Å². The Hall–Kier alpha value is -0.770. The summed E-state index contributed by atoms with van der Waals surface area (Å²) in [6.07, 6.45) is 3.51. The van der Waals surface area contributed by atoms with Gasteiger partial charge in [0, 0.05) is 12.0 Å². The maximum absolute atomic E-state index is 11.6. The van der Waals surface area contributed by atoms with Gasteiger partial charge in [-0.3, -0.25) is 0 Å². The van der Waals surface area contributed by atoms with Gasteiger partial charge in [-0.1, -0.05) is 26.7 Å². The van der Waals surface area contributed by atoms with Crippen molar-refractivity contribution in [3.63, 3.8) is 0 Å². The van der Waals surface area contributed by atoms with E-state index in [4.69, 9.17) is 4.74 Å². The van der Waals surface area contributed by atoms with Crippen molar-refractivity contribution >= 4 is 6.09 Å². The fourth-order valence-electron chi connectivity index (χ4n) is 1.76. The van der Waals surface area contributed by atoms with Crippen molar-refractivity contribution in [1.82, 2.24) is 5.32 Å². The summed E-state index contributed by atoms with van der Waals surface area (Å²) in [5, 5.41) is 12.3. The summed E-state index contributed by atoms with van der Waals surface area (Å²) >= 11 is 0. The van der Waals surface area contributed by atoms with E-state index >= 15 is 0 Å². The van der Waals surface area contributed by atoms with Crippen molar-refractivity contribution in [1.29, 1.82) is 0 Å². The zero-order chi connectivity index (χ0) is 14.2. The lowest BCUT2D eigenvalue weighted by Gasteiger charge is -2.31. The van der Waals surface area contributed by atoms with Crippen molar-refractivity contribution in [2.24, 2.45) is 5.41 Å². The number of rotatable bonds is 7. The number of amides is 1. The SMILES string of the molecule is CCCCC(CC)(CO)CNC(=O)OC(C)(C)C. The number of unbranched alkanes of at least 4 members (excludes halogenated alkanes) is 1. The van der Waals surface area contributed by atoms with E-state index in [9.17, 15) is 9.90 Å². The summed E-state index contributed by atoms with van der Waals surface area (Å²) < 4.78 is 5.19. The predicted octanol–water partition coefficient (Wildman–Crippen LogP) is 3.09. The monoisotopic (exact) mass is 259 g/mol. The topological polar surface area (TPSA) is 58.6 Å². The van der Waals surface area contributed by atoms with Gasteiger partial charge in [-0.15, -0.1) is 0 Å². The number of carbonyl (C=O) groups excluding carboxylic acids is 1. The molecular formula is C14H29NO3. The van der Waals surface area contributed by atoms with Crippen LogP contribution in [0.4, 0.5) is 4.79 Å². The summed E-state index contributed by atoms with van der Waals surface area (Å²) in [7, 11) is 0. The van der Waals surface area contributed by atoms with Gasteiger partial charge in [0.25, 0.3) is 0 Å². The Kier molecular flexibility index (Phi) is 7.29. The molecule has 0 bridgehead atoms. The van der Waals surface area contributed by atoms with Crippen molar-refractivity contribution in [3.05, 3.63) is 0 Å². The first kappa shape index (κ1) is 17.2. The van der Waals surface area contributed by atoms with Crippen molar-refractivity contribution in [2.45, 2.75) is 65.9 Å². The molecule has 2 N–H and O–H groups in total. The van der Waals surface area contributed by atoms with Crippen LogP contribution in [0.15, 0.2) is 0 Å². The number of nitrogens with one attached hydrogen (secondary N) is 1. The highest BCUT2D eigenvalue weighted by molar-refractivity contribution is 5.67. The van der Waals surface area contributed by atoms with Crippen LogP contribution in [0, 0.1) is 5.41 Å². The first-order valence-corrected chi connectivity index (χ1v) is 6.86. The largest absolute Gasteiger partial charge is 0.444 e. The Morgan fingerprint density at radius 2 is 1.89 bits per heavy atom. The first-order valence-electron chi connectivity index (χ1n) is 6.86. The van der Waals surface area contributed by atoms with Gasteiger partial charge in [0.15, 0.2) is 0 Å². The molecule has 4 heteroatoms. The molecule has 1 amide bonds. The van der Waals surface area contributed by atoms with Gasteiger partial charge >= 0.3 is 6.09 Å². The average molecular weight is 259 g/mol. The lowest BCUT2D eigenvalue weighted by atomic mass is 9.81. The average Bonchev–Trinajstić information content (AvgIpc) is 2.28. The molecule has 18 heavy (non-hydrogen) atoms. The van der Waals surface area contributed by atoms with Crippen LogP contribution in [0.5, 0.6) is 0 Å². The number of ether oxygens (including phenoxy) is 1. The van der Waals surface area contributed by atoms with Crippen LogP contribution < -0.4 is 5.32 Å². The van der Waals surface area contributed by atoms with Gasteiger partial charge < -0.3 is 15.2 Å². The van der Waals surface area contributed by atoms with E-state index in [0.29, 0.717) is 6.54 Å². The maximum atomic E-state index is 11.6.